The van der Waals surface area contributed by atoms with Crippen LogP contribution in [0.25, 0.3) is 0 Å². The van der Waals surface area contributed by atoms with Gasteiger partial charge in [-0.25, -0.2) is 4.79 Å². The quantitative estimate of drug-likeness (QED) is 0.863. The number of hydrogen-bond acceptors (Lipinski definition) is 5. The predicted molar refractivity (Wildman–Crippen MR) is 97.9 cm³/mol. The minimum absolute atomic E-state index is 0.0103. The van der Waals surface area contributed by atoms with Gasteiger partial charge in [0.15, 0.2) is 0 Å². The molecule has 8 heteroatoms. The summed E-state index contributed by atoms with van der Waals surface area (Å²) >= 11 is 0. The van der Waals surface area contributed by atoms with Gasteiger partial charge in [-0.2, -0.15) is 10.1 Å². The predicted octanol–water partition coefficient (Wildman–Crippen LogP) is 0.933. The van der Waals surface area contributed by atoms with Crippen molar-refractivity contribution in [2.45, 2.75) is 58.8 Å². The summed E-state index contributed by atoms with van der Waals surface area (Å²) in [5, 5.41) is 14.9. The number of carbonyl (C=O) groups is 1. The molecule has 0 bridgehead atoms. The first-order valence-electron chi connectivity index (χ1n) is 9.50. The van der Waals surface area contributed by atoms with Gasteiger partial charge in [0.2, 0.25) is 5.91 Å². The SMILES string of the molecule is Cc1cc(C)n(CC(=O)N2CCCn3nc([C@@H](O)C4CC4)cc3C2)c(=O)n1. The van der Waals surface area contributed by atoms with E-state index in [1.165, 1.54) is 4.57 Å². The van der Waals surface area contributed by atoms with Crippen LogP contribution in [0.4, 0.5) is 0 Å². The Kier molecular flexibility index (Phi) is 4.59. The number of aromatic nitrogens is 4. The molecule has 1 fully saturated rings. The Morgan fingerprint density at radius 1 is 1.30 bits per heavy atom. The van der Waals surface area contributed by atoms with Gasteiger partial charge in [0.1, 0.15) is 12.6 Å². The van der Waals surface area contributed by atoms with Crippen molar-refractivity contribution in [3.05, 3.63) is 45.4 Å². The summed E-state index contributed by atoms with van der Waals surface area (Å²) in [6.45, 7) is 5.36. The molecule has 0 aromatic carbocycles. The molecular weight excluding hydrogens is 346 g/mol. The lowest BCUT2D eigenvalue weighted by molar-refractivity contribution is -0.132. The average Bonchev–Trinajstić information content (AvgIpc) is 3.41. The van der Waals surface area contributed by atoms with E-state index in [9.17, 15) is 14.7 Å². The van der Waals surface area contributed by atoms with E-state index in [1.807, 2.05) is 17.7 Å². The number of nitrogens with zero attached hydrogens (tertiary/aromatic N) is 5. The zero-order chi connectivity index (χ0) is 19.1. The highest BCUT2D eigenvalue weighted by Gasteiger charge is 2.33. The molecular formula is C19H25N5O3. The molecule has 3 heterocycles. The molecule has 0 saturated heterocycles. The van der Waals surface area contributed by atoms with Crippen LogP contribution in [0.1, 0.15) is 48.1 Å². The first-order valence-corrected chi connectivity index (χ1v) is 9.50. The van der Waals surface area contributed by atoms with E-state index < -0.39 is 11.8 Å². The normalized spacial score (nSPS) is 18.1. The van der Waals surface area contributed by atoms with Crippen LogP contribution in [0.15, 0.2) is 16.9 Å². The molecule has 1 atom stereocenters. The van der Waals surface area contributed by atoms with Gasteiger partial charge < -0.3 is 10.0 Å². The first kappa shape index (κ1) is 17.9. The van der Waals surface area contributed by atoms with Crippen molar-refractivity contribution in [3.8, 4) is 0 Å². The van der Waals surface area contributed by atoms with Crippen molar-refractivity contribution in [1.29, 1.82) is 0 Å². The van der Waals surface area contributed by atoms with Crippen LogP contribution in [-0.4, -0.2) is 41.8 Å². The lowest BCUT2D eigenvalue weighted by Crippen LogP contribution is -2.37. The van der Waals surface area contributed by atoms with Crippen LogP contribution in [-0.2, 0) is 24.4 Å². The number of carbonyl (C=O) groups excluding carboxylic acids is 1. The largest absolute Gasteiger partial charge is 0.386 e. The standard InChI is InChI=1S/C19H25N5O3/c1-12-8-13(2)23(19(27)20-12)11-17(25)22-6-3-7-24-15(10-22)9-16(21-24)18(26)14-4-5-14/h8-9,14,18,26H,3-7,10-11H2,1-2H3/t18-/m0/s1. The number of aliphatic hydroxyl groups is 1. The van der Waals surface area contributed by atoms with Crippen molar-refractivity contribution >= 4 is 5.91 Å². The first-order chi connectivity index (χ1) is 12.9. The minimum Gasteiger partial charge on any atom is -0.386 e. The second-order valence-electron chi connectivity index (χ2n) is 7.64. The molecule has 144 valence electrons. The molecule has 0 spiro atoms. The fraction of sp³-hybridized carbons (Fsp3) is 0.579. The van der Waals surface area contributed by atoms with E-state index in [0.29, 0.717) is 30.4 Å². The molecule has 1 amide bonds. The molecule has 1 N–H and O–H groups in total. The summed E-state index contributed by atoms with van der Waals surface area (Å²) in [6.07, 6.45) is 2.38. The Balaban J connectivity index is 1.51. The maximum Gasteiger partial charge on any atom is 0.348 e. The van der Waals surface area contributed by atoms with Crippen LogP contribution < -0.4 is 5.69 Å². The van der Waals surface area contributed by atoms with Crippen molar-refractivity contribution in [1.82, 2.24) is 24.2 Å². The second-order valence-corrected chi connectivity index (χ2v) is 7.64. The number of aliphatic hydroxyl groups excluding tert-OH is 1. The van der Waals surface area contributed by atoms with E-state index in [4.69, 9.17) is 0 Å². The maximum absolute atomic E-state index is 12.8. The van der Waals surface area contributed by atoms with Gasteiger partial charge in [0, 0.05) is 24.5 Å². The summed E-state index contributed by atoms with van der Waals surface area (Å²) in [5.41, 5.74) is 2.63. The molecule has 27 heavy (non-hydrogen) atoms. The minimum atomic E-state index is -0.506. The zero-order valence-corrected chi connectivity index (χ0v) is 15.8. The summed E-state index contributed by atoms with van der Waals surface area (Å²) in [7, 11) is 0. The number of fused-ring (bicyclic) bond motifs is 1. The molecule has 1 aliphatic carbocycles. The molecule has 0 radical (unpaired) electrons. The Morgan fingerprint density at radius 3 is 2.78 bits per heavy atom. The topological polar surface area (TPSA) is 93.3 Å². The third-order valence-electron chi connectivity index (χ3n) is 5.40. The maximum atomic E-state index is 12.8. The molecule has 2 aromatic rings. The Bertz CT molecular complexity index is 928. The highest BCUT2D eigenvalue weighted by molar-refractivity contribution is 5.76. The smallest absolute Gasteiger partial charge is 0.348 e. The summed E-state index contributed by atoms with van der Waals surface area (Å²) in [6, 6.07) is 3.72. The van der Waals surface area contributed by atoms with Gasteiger partial charge in [-0.3, -0.25) is 14.0 Å². The van der Waals surface area contributed by atoms with E-state index in [-0.39, 0.29) is 12.5 Å². The van der Waals surface area contributed by atoms with Gasteiger partial charge in [-0.05, 0) is 51.2 Å². The van der Waals surface area contributed by atoms with Crippen LogP contribution in [0.3, 0.4) is 0 Å². The summed E-state index contributed by atoms with van der Waals surface area (Å²) in [4.78, 5) is 30.7. The lowest BCUT2D eigenvalue weighted by Gasteiger charge is -2.21. The molecule has 8 nitrogen and oxygen atoms in total. The highest BCUT2D eigenvalue weighted by atomic mass is 16.3. The van der Waals surface area contributed by atoms with Gasteiger partial charge in [-0.1, -0.05) is 0 Å². The zero-order valence-electron chi connectivity index (χ0n) is 15.8. The summed E-state index contributed by atoms with van der Waals surface area (Å²) < 4.78 is 3.32. The fourth-order valence-corrected chi connectivity index (χ4v) is 3.70. The van der Waals surface area contributed by atoms with E-state index in [1.54, 1.807) is 17.9 Å². The van der Waals surface area contributed by atoms with Crippen LogP contribution in [0, 0.1) is 19.8 Å². The number of aryl methyl sites for hydroxylation is 3. The Labute approximate surface area is 157 Å². The van der Waals surface area contributed by atoms with Crippen molar-refractivity contribution in [2.24, 2.45) is 5.92 Å². The van der Waals surface area contributed by atoms with Crippen LogP contribution in [0.5, 0.6) is 0 Å². The van der Waals surface area contributed by atoms with E-state index in [2.05, 4.69) is 10.1 Å². The van der Waals surface area contributed by atoms with Crippen molar-refractivity contribution < 1.29 is 9.90 Å². The van der Waals surface area contributed by atoms with Crippen LogP contribution >= 0.6 is 0 Å². The lowest BCUT2D eigenvalue weighted by atomic mass is 10.1. The number of rotatable bonds is 4. The fourth-order valence-electron chi connectivity index (χ4n) is 3.70. The van der Waals surface area contributed by atoms with Crippen molar-refractivity contribution in [3.63, 3.8) is 0 Å². The third-order valence-corrected chi connectivity index (χ3v) is 5.40. The highest BCUT2D eigenvalue weighted by Crippen LogP contribution is 2.40. The second kappa shape index (κ2) is 6.92. The molecule has 1 aliphatic heterocycles. The van der Waals surface area contributed by atoms with Crippen LogP contribution in [0.2, 0.25) is 0 Å². The number of hydrogen-bond donors (Lipinski definition) is 1. The molecule has 2 aliphatic rings. The van der Waals surface area contributed by atoms with Gasteiger partial charge in [0.05, 0.1) is 17.9 Å². The molecule has 1 saturated carbocycles. The van der Waals surface area contributed by atoms with Crippen molar-refractivity contribution in [2.75, 3.05) is 6.54 Å². The Hall–Kier alpha value is -2.48. The van der Waals surface area contributed by atoms with E-state index in [0.717, 1.165) is 37.2 Å². The van der Waals surface area contributed by atoms with Gasteiger partial charge in [-0.15, -0.1) is 0 Å². The third kappa shape index (κ3) is 3.66. The molecule has 0 unspecified atom stereocenters. The average molecular weight is 371 g/mol. The van der Waals surface area contributed by atoms with Gasteiger partial charge in [0.25, 0.3) is 0 Å². The van der Waals surface area contributed by atoms with E-state index >= 15 is 0 Å². The Morgan fingerprint density at radius 2 is 2.07 bits per heavy atom. The summed E-state index contributed by atoms with van der Waals surface area (Å²) in [5.74, 6) is 0.218. The van der Waals surface area contributed by atoms with Gasteiger partial charge >= 0.3 is 5.69 Å². The molecule has 4 rings (SSSR count). The number of amides is 1. The monoisotopic (exact) mass is 371 g/mol. The molecule has 2 aromatic heterocycles.